The van der Waals surface area contributed by atoms with E-state index in [4.69, 9.17) is 23.7 Å². The smallest absolute Gasteiger partial charge is 0.313 e. The topological polar surface area (TPSA) is 129 Å². The zero-order chi connectivity index (χ0) is 31.2. The Hall–Kier alpha value is -5.10. The number of amides is 2. The molecule has 45 heavy (non-hydrogen) atoms. The number of benzene rings is 3. The summed E-state index contributed by atoms with van der Waals surface area (Å²) in [6.07, 6.45) is 4.14. The third-order valence-electron chi connectivity index (χ3n) is 7.68. The Bertz CT molecular complexity index is 1710. The molecule has 0 bridgehead atoms. The molecule has 12 heteroatoms. The van der Waals surface area contributed by atoms with Crippen molar-refractivity contribution in [3.63, 3.8) is 0 Å². The molecule has 0 saturated carbocycles. The van der Waals surface area contributed by atoms with E-state index in [1.54, 1.807) is 37.6 Å². The zero-order valence-electron chi connectivity index (χ0n) is 24.7. The van der Waals surface area contributed by atoms with Crippen LogP contribution < -0.4 is 39.6 Å². The molecule has 3 heterocycles. The lowest BCUT2D eigenvalue weighted by Gasteiger charge is -2.23. The van der Waals surface area contributed by atoms with Crippen molar-refractivity contribution in [3.8, 4) is 34.5 Å². The number of pyridine rings is 1. The monoisotopic (exact) mass is 616 g/mol. The maximum Gasteiger partial charge on any atom is 0.313 e. The Morgan fingerprint density at radius 3 is 2.62 bits per heavy atom. The summed E-state index contributed by atoms with van der Waals surface area (Å²) < 4.78 is 43.4. The normalized spacial score (nSPS) is 14.2. The summed E-state index contributed by atoms with van der Waals surface area (Å²) in [7, 11) is 1.55. The molecule has 4 aromatic rings. The average Bonchev–Trinajstić information content (AvgIpc) is 3.53. The number of carbonyl (C=O) groups excluding carboxylic acids is 2. The first-order valence-corrected chi connectivity index (χ1v) is 14.7. The number of hydrogen-bond donors (Lipinski definition) is 3. The van der Waals surface area contributed by atoms with Gasteiger partial charge < -0.3 is 39.6 Å². The fourth-order valence-corrected chi connectivity index (χ4v) is 5.27. The molecule has 0 spiro atoms. The number of anilines is 1. The summed E-state index contributed by atoms with van der Waals surface area (Å²) in [4.78, 5) is 29.2. The van der Waals surface area contributed by atoms with Crippen LogP contribution in [0.1, 0.15) is 18.4 Å². The molecule has 6 rings (SSSR count). The van der Waals surface area contributed by atoms with Gasteiger partial charge in [0.15, 0.2) is 34.6 Å². The Morgan fingerprint density at radius 1 is 0.978 bits per heavy atom. The predicted molar refractivity (Wildman–Crippen MR) is 164 cm³/mol. The molecule has 11 nitrogen and oxygen atoms in total. The van der Waals surface area contributed by atoms with Gasteiger partial charge in [0.05, 0.1) is 13.7 Å². The van der Waals surface area contributed by atoms with E-state index >= 15 is 4.39 Å². The van der Waals surface area contributed by atoms with Crippen molar-refractivity contribution in [2.45, 2.75) is 19.3 Å². The van der Waals surface area contributed by atoms with Crippen LogP contribution in [0.25, 0.3) is 10.9 Å². The number of nitrogens with one attached hydrogen (secondary N) is 3. The van der Waals surface area contributed by atoms with Gasteiger partial charge in [-0.1, -0.05) is 6.07 Å². The van der Waals surface area contributed by atoms with Crippen LogP contribution >= 0.6 is 0 Å². The van der Waals surface area contributed by atoms with Gasteiger partial charge in [-0.2, -0.15) is 0 Å². The van der Waals surface area contributed by atoms with Crippen molar-refractivity contribution in [2.75, 3.05) is 45.5 Å². The summed E-state index contributed by atoms with van der Waals surface area (Å²) in [5.41, 5.74) is 1.54. The van der Waals surface area contributed by atoms with Crippen LogP contribution in [0.2, 0.25) is 0 Å². The van der Waals surface area contributed by atoms with E-state index in [9.17, 15) is 9.59 Å². The number of nitrogens with zero attached hydrogens (tertiary/aromatic N) is 1. The number of halogens is 1. The van der Waals surface area contributed by atoms with Crippen LogP contribution in [-0.2, 0) is 16.0 Å². The fraction of sp³-hybridized carbons (Fsp3) is 0.303. The molecule has 234 valence electrons. The van der Waals surface area contributed by atoms with E-state index in [1.165, 1.54) is 12.1 Å². The number of hydrogen-bond acceptors (Lipinski definition) is 9. The van der Waals surface area contributed by atoms with Crippen molar-refractivity contribution in [1.82, 2.24) is 15.6 Å². The highest BCUT2D eigenvalue weighted by atomic mass is 19.1. The van der Waals surface area contributed by atoms with Crippen LogP contribution in [0.5, 0.6) is 34.5 Å². The third-order valence-corrected chi connectivity index (χ3v) is 7.68. The SMILES string of the molecule is COc1c(OCC2CCNCC2)ccc2c(Oc3ccc(NC(=O)C(=O)NCCc4ccc5c(c4)OCO5)cc3F)ccnc12. The molecule has 0 radical (unpaired) electrons. The second-order valence-electron chi connectivity index (χ2n) is 10.7. The minimum absolute atomic E-state index is 0.0705. The molecule has 1 fully saturated rings. The molecule has 0 atom stereocenters. The second-order valence-corrected chi connectivity index (χ2v) is 10.7. The largest absolute Gasteiger partial charge is 0.491 e. The van der Waals surface area contributed by atoms with Gasteiger partial charge >= 0.3 is 11.8 Å². The molecule has 3 N–H and O–H groups in total. The summed E-state index contributed by atoms with van der Waals surface area (Å²) in [5.74, 6) is 0.636. The van der Waals surface area contributed by atoms with Gasteiger partial charge in [0.1, 0.15) is 11.3 Å². The predicted octanol–water partition coefficient (Wildman–Crippen LogP) is 4.58. The molecule has 2 aliphatic rings. The van der Waals surface area contributed by atoms with E-state index in [0.29, 0.717) is 58.6 Å². The average molecular weight is 617 g/mol. The molecule has 0 aliphatic carbocycles. The van der Waals surface area contributed by atoms with Crippen molar-refractivity contribution in [3.05, 3.63) is 72.2 Å². The first kappa shape index (κ1) is 29.9. The van der Waals surface area contributed by atoms with Gasteiger partial charge in [0, 0.05) is 29.9 Å². The summed E-state index contributed by atoms with van der Waals surface area (Å²) in [6, 6.07) is 14.6. The number of piperidine rings is 1. The molecular weight excluding hydrogens is 583 g/mol. The Morgan fingerprint density at radius 2 is 1.80 bits per heavy atom. The lowest BCUT2D eigenvalue weighted by atomic mass is 9.99. The van der Waals surface area contributed by atoms with Crippen LogP contribution in [0.4, 0.5) is 10.1 Å². The number of methoxy groups -OCH3 is 1. The quantitative estimate of drug-likeness (QED) is 0.219. The first-order valence-electron chi connectivity index (χ1n) is 14.7. The van der Waals surface area contributed by atoms with Crippen molar-refractivity contribution < 1.29 is 37.7 Å². The molecule has 2 aliphatic heterocycles. The van der Waals surface area contributed by atoms with Crippen LogP contribution in [-0.4, -0.2) is 56.9 Å². The highest BCUT2D eigenvalue weighted by Gasteiger charge is 2.20. The van der Waals surface area contributed by atoms with Crippen LogP contribution in [0, 0.1) is 11.7 Å². The summed E-state index contributed by atoms with van der Waals surface area (Å²) in [5, 5.41) is 8.94. The summed E-state index contributed by atoms with van der Waals surface area (Å²) >= 11 is 0. The maximum atomic E-state index is 15.1. The van der Waals surface area contributed by atoms with Gasteiger partial charge in [-0.3, -0.25) is 14.6 Å². The summed E-state index contributed by atoms with van der Waals surface area (Å²) in [6.45, 7) is 2.94. The van der Waals surface area contributed by atoms with E-state index in [1.807, 2.05) is 12.1 Å². The second kappa shape index (κ2) is 13.7. The Labute approximate surface area is 259 Å². The number of aromatic nitrogens is 1. The zero-order valence-corrected chi connectivity index (χ0v) is 24.7. The van der Waals surface area contributed by atoms with Gasteiger partial charge in [-0.15, -0.1) is 0 Å². The number of carbonyl (C=O) groups is 2. The van der Waals surface area contributed by atoms with E-state index in [-0.39, 0.29) is 24.8 Å². The Kier molecular flexibility index (Phi) is 9.11. The number of fused-ring (bicyclic) bond motifs is 2. The highest BCUT2D eigenvalue weighted by Crippen LogP contribution is 2.40. The Balaban J connectivity index is 1.06. The van der Waals surface area contributed by atoms with Gasteiger partial charge in [0.25, 0.3) is 0 Å². The van der Waals surface area contributed by atoms with Gasteiger partial charge in [-0.05, 0) is 86.3 Å². The third kappa shape index (κ3) is 7.01. The van der Waals surface area contributed by atoms with E-state index < -0.39 is 17.6 Å². The highest BCUT2D eigenvalue weighted by molar-refractivity contribution is 6.39. The van der Waals surface area contributed by atoms with Crippen LogP contribution in [0.15, 0.2) is 60.8 Å². The lowest BCUT2D eigenvalue weighted by molar-refractivity contribution is -0.136. The van der Waals surface area contributed by atoms with E-state index in [2.05, 4.69) is 20.9 Å². The van der Waals surface area contributed by atoms with Crippen molar-refractivity contribution in [1.29, 1.82) is 0 Å². The minimum Gasteiger partial charge on any atom is -0.491 e. The fourth-order valence-electron chi connectivity index (χ4n) is 5.27. The van der Waals surface area contributed by atoms with E-state index in [0.717, 1.165) is 37.6 Å². The lowest BCUT2D eigenvalue weighted by Crippen LogP contribution is -2.36. The molecule has 3 aromatic carbocycles. The molecule has 2 amide bonds. The van der Waals surface area contributed by atoms with Crippen molar-refractivity contribution >= 4 is 28.4 Å². The van der Waals surface area contributed by atoms with Gasteiger partial charge in [-0.25, -0.2) is 4.39 Å². The maximum absolute atomic E-state index is 15.1. The van der Waals surface area contributed by atoms with Gasteiger partial charge in [0.2, 0.25) is 6.79 Å². The first-order chi connectivity index (χ1) is 22.0. The molecule has 0 unspecified atom stereocenters. The number of ether oxygens (including phenoxy) is 5. The minimum atomic E-state index is -0.917. The standard InChI is InChI=1S/C33H33FN4O7/c1-41-31-28(42-18-21-8-12-35-13-9-21)7-4-23-25(11-15-36-30(23)31)45-26-6-3-22(17-24(26)34)38-33(40)32(39)37-14-10-20-2-5-27-29(16-20)44-19-43-27/h2-7,11,15-17,21,35H,8-10,12-14,18-19H2,1H3,(H,37,39)(H,38,40). The molecule has 1 aromatic heterocycles. The van der Waals surface area contributed by atoms with Crippen molar-refractivity contribution in [2.24, 2.45) is 5.92 Å². The molecular formula is C33H33FN4O7. The van der Waals surface area contributed by atoms with Crippen LogP contribution in [0.3, 0.4) is 0 Å². The number of rotatable bonds is 10. The molecule has 1 saturated heterocycles.